The highest BCUT2D eigenvalue weighted by Crippen LogP contribution is 2.09. The highest BCUT2D eigenvalue weighted by molar-refractivity contribution is 5.38. The van der Waals surface area contributed by atoms with Crippen molar-refractivity contribution in [2.45, 2.75) is 19.9 Å². The van der Waals surface area contributed by atoms with Gasteiger partial charge < -0.3 is 10.2 Å². The first-order valence-corrected chi connectivity index (χ1v) is 6.30. The SMILES string of the molecule is C=CCN(CC=C)c1cncc(CNCCC)n1. The van der Waals surface area contributed by atoms with Gasteiger partial charge in [0.05, 0.1) is 11.9 Å². The van der Waals surface area contributed by atoms with Crippen LogP contribution in [-0.2, 0) is 6.54 Å². The van der Waals surface area contributed by atoms with Crippen LogP contribution in [0.15, 0.2) is 37.7 Å². The summed E-state index contributed by atoms with van der Waals surface area (Å²) in [6.07, 6.45) is 8.40. The summed E-state index contributed by atoms with van der Waals surface area (Å²) in [5, 5.41) is 3.32. The number of rotatable bonds is 9. The van der Waals surface area contributed by atoms with Gasteiger partial charge in [0.2, 0.25) is 0 Å². The number of aromatic nitrogens is 2. The Bertz CT molecular complexity index is 366. The van der Waals surface area contributed by atoms with Gasteiger partial charge in [0.15, 0.2) is 0 Å². The molecule has 1 aromatic rings. The Morgan fingerprint density at radius 3 is 2.61 bits per heavy atom. The van der Waals surface area contributed by atoms with Gasteiger partial charge in [-0.1, -0.05) is 19.1 Å². The molecule has 0 aliphatic rings. The molecule has 98 valence electrons. The summed E-state index contributed by atoms with van der Waals surface area (Å²) in [5.74, 6) is 0.866. The van der Waals surface area contributed by atoms with E-state index >= 15 is 0 Å². The number of nitrogens with zero attached hydrogens (tertiary/aromatic N) is 3. The molecule has 1 rings (SSSR count). The zero-order chi connectivity index (χ0) is 13.2. The lowest BCUT2D eigenvalue weighted by Gasteiger charge is -2.20. The van der Waals surface area contributed by atoms with Gasteiger partial charge in [-0.15, -0.1) is 13.2 Å². The van der Waals surface area contributed by atoms with Crippen molar-refractivity contribution >= 4 is 5.82 Å². The van der Waals surface area contributed by atoms with E-state index in [9.17, 15) is 0 Å². The monoisotopic (exact) mass is 246 g/mol. The lowest BCUT2D eigenvalue weighted by molar-refractivity contribution is 0.661. The lowest BCUT2D eigenvalue weighted by Crippen LogP contribution is -2.25. The first-order valence-electron chi connectivity index (χ1n) is 6.30. The zero-order valence-corrected chi connectivity index (χ0v) is 11.1. The number of hydrogen-bond donors (Lipinski definition) is 1. The molecule has 0 saturated heterocycles. The fourth-order valence-electron chi connectivity index (χ4n) is 1.60. The van der Waals surface area contributed by atoms with E-state index in [1.54, 1.807) is 12.4 Å². The summed E-state index contributed by atoms with van der Waals surface area (Å²) in [6.45, 7) is 12.9. The van der Waals surface area contributed by atoms with E-state index < -0.39 is 0 Å². The normalized spacial score (nSPS) is 10.1. The number of hydrogen-bond acceptors (Lipinski definition) is 4. The minimum absolute atomic E-state index is 0.743. The summed E-state index contributed by atoms with van der Waals surface area (Å²) < 4.78 is 0. The fraction of sp³-hybridized carbons (Fsp3) is 0.429. The van der Waals surface area contributed by atoms with Gasteiger partial charge in [-0.25, -0.2) is 4.98 Å². The van der Waals surface area contributed by atoms with Crippen LogP contribution in [0.25, 0.3) is 0 Å². The Hall–Kier alpha value is -1.68. The number of anilines is 1. The molecule has 0 radical (unpaired) electrons. The Kier molecular flexibility index (Phi) is 6.72. The Morgan fingerprint density at radius 2 is 2.00 bits per heavy atom. The Labute approximate surface area is 109 Å². The summed E-state index contributed by atoms with van der Waals surface area (Å²) in [7, 11) is 0. The molecule has 0 saturated carbocycles. The molecule has 0 amide bonds. The van der Waals surface area contributed by atoms with E-state index in [-0.39, 0.29) is 0 Å². The van der Waals surface area contributed by atoms with Crippen LogP contribution >= 0.6 is 0 Å². The van der Waals surface area contributed by atoms with Gasteiger partial charge >= 0.3 is 0 Å². The molecular weight excluding hydrogens is 224 g/mol. The van der Waals surface area contributed by atoms with Crippen molar-refractivity contribution < 1.29 is 0 Å². The van der Waals surface area contributed by atoms with Crippen LogP contribution in [0.2, 0.25) is 0 Å². The maximum Gasteiger partial charge on any atom is 0.148 e. The third kappa shape index (κ3) is 4.67. The predicted molar refractivity (Wildman–Crippen MR) is 76.6 cm³/mol. The standard InChI is InChI=1S/C14H22N4/c1-4-7-15-10-13-11-16-12-14(17-13)18(8-5-2)9-6-3/h5-6,11-12,15H,2-4,7-10H2,1H3. The minimum Gasteiger partial charge on any atom is -0.348 e. The van der Waals surface area contributed by atoms with E-state index in [0.29, 0.717) is 0 Å². The maximum atomic E-state index is 4.59. The maximum absolute atomic E-state index is 4.59. The highest BCUT2D eigenvalue weighted by Gasteiger charge is 2.05. The van der Waals surface area contributed by atoms with Crippen LogP contribution in [0.1, 0.15) is 19.0 Å². The molecule has 4 nitrogen and oxygen atoms in total. The minimum atomic E-state index is 0.743. The van der Waals surface area contributed by atoms with Crippen molar-refractivity contribution in [3.05, 3.63) is 43.4 Å². The van der Waals surface area contributed by atoms with Crippen molar-refractivity contribution in [1.82, 2.24) is 15.3 Å². The third-order valence-electron chi connectivity index (χ3n) is 2.43. The van der Waals surface area contributed by atoms with Crippen LogP contribution in [0.3, 0.4) is 0 Å². The van der Waals surface area contributed by atoms with Crippen LogP contribution in [0.4, 0.5) is 5.82 Å². The average Bonchev–Trinajstić information content (AvgIpc) is 2.39. The molecule has 0 atom stereocenters. The molecule has 18 heavy (non-hydrogen) atoms. The third-order valence-corrected chi connectivity index (χ3v) is 2.43. The van der Waals surface area contributed by atoms with E-state index in [1.807, 2.05) is 12.2 Å². The second-order valence-electron chi connectivity index (χ2n) is 4.03. The van der Waals surface area contributed by atoms with Crippen LogP contribution in [0, 0.1) is 0 Å². The Morgan fingerprint density at radius 1 is 1.28 bits per heavy atom. The molecule has 0 unspecified atom stereocenters. The quantitative estimate of drug-likeness (QED) is 0.535. The second kappa shape index (κ2) is 8.42. The molecular formula is C14H22N4. The summed E-state index contributed by atoms with van der Waals surface area (Å²) >= 11 is 0. The smallest absolute Gasteiger partial charge is 0.148 e. The molecule has 1 heterocycles. The van der Waals surface area contributed by atoms with E-state index in [1.165, 1.54) is 0 Å². The topological polar surface area (TPSA) is 41.1 Å². The molecule has 0 bridgehead atoms. The van der Waals surface area contributed by atoms with Crippen molar-refractivity contribution in [3.63, 3.8) is 0 Å². The molecule has 0 spiro atoms. The van der Waals surface area contributed by atoms with Crippen LogP contribution < -0.4 is 10.2 Å². The fourth-order valence-corrected chi connectivity index (χ4v) is 1.60. The molecule has 4 heteroatoms. The van der Waals surface area contributed by atoms with Crippen LogP contribution in [-0.4, -0.2) is 29.6 Å². The summed E-state index contributed by atoms with van der Waals surface area (Å²) in [4.78, 5) is 10.9. The van der Waals surface area contributed by atoms with Gasteiger partial charge in [-0.3, -0.25) is 4.98 Å². The highest BCUT2D eigenvalue weighted by atomic mass is 15.2. The van der Waals surface area contributed by atoms with Crippen molar-refractivity contribution in [2.24, 2.45) is 0 Å². The van der Waals surface area contributed by atoms with Crippen molar-refractivity contribution in [2.75, 3.05) is 24.5 Å². The van der Waals surface area contributed by atoms with Gasteiger partial charge in [-0.2, -0.15) is 0 Å². The molecule has 0 aliphatic carbocycles. The summed E-state index contributed by atoms with van der Waals surface area (Å²) in [5.41, 5.74) is 0.957. The Balaban J connectivity index is 2.71. The van der Waals surface area contributed by atoms with Gasteiger partial charge in [-0.05, 0) is 13.0 Å². The van der Waals surface area contributed by atoms with Gasteiger partial charge in [0.1, 0.15) is 5.82 Å². The first-order chi connectivity index (χ1) is 8.81. The zero-order valence-electron chi connectivity index (χ0n) is 11.1. The molecule has 1 N–H and O–H groups in total. The average molecular weight is 246 g/mol. The van der Waals surface area contributed by atoms with Crippen molar-refractivity contribution in [1.29, 1.82) is 0 Å². The number of nitrogens with one attached hydrogen (secondary N) is 1. The lowest BCUT2D eigenvalue weighted by atomic mass is 10.4. The molecule has 0 fully saturated rings. The van der Waals surface area contributed by atoms with Gasteiger partial charge in [0.25, 0.3) is 0 Å². The first kappa shape index (κ1) is 14.4. The molecule has 1 aromatic heterocycles. The predicted octanol–water partition coefficient (Wildman–Crippen LogP) is 2.15. The van der Waals surface area contributed by atoms with E-state index in [0.717, 1.165) is 44.1 Å². The van der Waals surface area contributed by atoms with Crippen LogP contribution in [0.5, 0.6) is 0 Å². The second-order valence-corrected chi connectivity index (χ2v) is 4.03. The van der Waals surface area contributed by atoms with Crippen molar-refractivity contribution in [3.8, 4) is 0 Å². The molecule has 0 aromatic carbocycles. The van der Waals surface area contributed by atoms with Gasteiger partial charge in [0, 0.05) is 25.8 Å². The van der Waals surface area contributed by atoms with E-state index in [4.69, 9.17) is 0 Å². The molecule has 0 aliphatic heterocycles. The largest absolute Gasteiger partial charge is 0.348 e. The summed E-state index contributed by atoms with van der Waals surface area (Å²) in [6, 6.07) is 0. The van der Waals surface area contributed by atoms with E-state index in [2.05, 4.69) is 40.3 Å².